The van der Waals surface area contributed by atoms with Gasteiger partial charge in [0.1, 0.15) is 0 Å². The predicted molar refractivity (Wildman–Crippen MR) is 24.1 cm³/mol. The lowest BCUT2D eigenvalue weighted by molar-refractivity contribution is -0.231. The van der Waals surface area contributed by atoms with Crippen molar-refractivity contribution < 1.29 is 36.2 Å². The number of aliphatic hydroxyl groups excluding tert-OH is 1. The lowest BCUT2D eigenvalue weighted by Crippen LogP contribution is -2.32. The average Bonchev–Trinajstić information content (AvgIpc) is 2.37. The van der Waals surface area contributed by atoms with Crippen molar-refractivity contribution in [3.8, 4) is 0 Å². The van der Waals surface area contributed by atoms with Gasteiger partial charge in [-0.3, -0.25) is 4.74 Å². The molecule has 8 heteroatoms. The summed E-state index contributed by atoms with van der Waals surface area (Å²) in [5.74, 6) is -4.75. The smallest absolute Gasteiger partial charge is 0.400 e. The highest BCUT2D eigenvalue weighted by Crippen LogP contribution is 2.60. The second kappa shape index (κ2) is 2.77. The Kier molecular flexibility index (Phi) is 2.65. The molecule has 0 aromatic carbocycles. The fourth-order valence-corrected chi connectivity index (χ4v) is 0.374. The van der Waals surface area contributed by atoms with E-state index in [1.54, 1.807) is 0 Å². The fraction of sp³-hybridized carbons (Fsp3) is 1.00. The second-order valence-corrected chi connectivity index (χ2v) is 1.71. The van der Waals surface area contributed by atoms with Gasteiger partial charge >= 0.3 is 18.1 Å². The van der Waals surface area contributed by atoms with Gasteiger partial charge in [-0.1, -0.05) is 0 Å². The number of halogens is 6. The molecule has 1 saturated heterocycles. The van der Waals surface area contributed by atoms with E-state index in [-0.39, 0.29) is 0 Å². The van der Waals surface area contributed by atoms with Crippen LogP contribution < -0.4 is 0 Å². The van der Waals surface area contributed by atoms with Gasteiger partial charge in [-0.05, 0) is 0 Å². The SMILES string of the molecule is CO.FC(F)(F)C1(F)OC1(F)F. The number of alkyl halides is 6. The van der Waals surface area contributed by atoms with Crippen molar-refractivity contribution >= 4 is 0 Å². The van der Waals surface area contributed by atoms with Crippen LogP contribution >= 0.6 is 0 Å². The van der Waals surface area contributed by atoms with E-state index in [0.717, 1.165) is 7.11 Å². The van der Waals surface area contributed by atoms with Gasteiger partial charge in [-0.2, -0.15) is 26.3 Å². The Labute approximate surface area is 62.7 Å². The Bertz CT molecular complexity index is 165. The van der Waals surface area contributed by atoms with Crippen LogP contribution in [-0.4, -0.2) is 30.4 Å². The Morgan fingerprint density at radius 1 is 1.08 bits per heavy atom. The zero-order valence-electron chi connectivity index (χ0n) is 5.62. The van der Waals surface area contributed by atoms with Gasteiger partial charge in [-0.15, -0.1) is 0 Å². The summed E-state index contributed by atoms with van der Waals surface area (Å²) in [4.78, 5) is 0. The minimum atomic E-state index is -5.66. The standard InChI is InChI=1S/C3F6O.CH4O/c4-1(2(5,6)7)3(8,9)10-1;1-2/h;2H,1H3. The first kappa shape index (κ1) is 11.5. The Hall–Kier alpha value is -0.500. The van der Waals surface area contributed by atoms with Gasteiger partial charge in [0.25, 0.3) is 0 Å². The maximum Gasteiger partial charge on any atom is 0.458 e. The first-order valence-electron chi connectivity index (χ1n) is 2.49. The van der Waals surface area contributed by atoms with Gasteiger partial charge in [-0.25, -0.2) is 0 Å². The summed E-state index contributed by atoms with van der Waals surface area (Å²) in [5, 5.41) is 7.00. The molecule has 1 heterocycles. The number of hydrogen-bond acceptors (Lipinski definition) is 2. The minimum Gasteiger partial charge on any atom is -0.400 e. The number of hydrogen-bond donors (Lipinski definition) is 1. The number of epoxide rings is 1. The lowest BCUT2D eigenvalue weighted by atomic mass is 10.4. The van der Waals surface area contributed by atoms with Crippen molar-refractivity contribution in [2.24, 2.45) is 0 Å². The van der Waals surface area contributed by atoms with E-state index >= 15 is 0 Å². The van der Waals surface area contributed by atoms with E-state index in [0.29, 0.717) is 0 Å². The third kappa shape index (κ3) is 1.48. The first-order chi connectivity index (χ1) is 5.21. The molecule has 1 fully saturated rings. The number of aliphatic hydroxyl groups is 1. The molecule has 1 aliphatic rings. The summed E-state index contributed by atoms with van der Waals surface area (Å²) in [5.41, 5.74) is 0. The lowest BCUT2D eigenvalue weighted by Gasteiger charge is -2.04. The van der Waals surface area contributed by atoms with E-state index < -0.39 is 18.1 Å². The molecule has 1 N–H and O–H groups in total. The molecular weight excluding hydrogens is 194 g/mol. The van der Waals surface area contributed by atoms with Crippen molar-refractivity contribution in [2.45, 2.75) is 18.1 Å². The normalized spacial score (nSPS) is 32.0. The quantitative estimate of drug-likeness (QED) is 0.472. The van der Waals surface area contributed by atoms with Crippen molar-refractivity contribution in [1.82, 2.24) is 0 Å². The Morgan fingerprint density at radius 2 is 1.33 bits per heavy atom. The van der Waals surface area contributed by atoms with Crippen LogP contribution in [0.4, 0.5) is 26.3 Å². The summed E-state index contributed by atoms with van der Waals surface area (Å²) >= 11 is 0. The largest absolute Gasteiger partial charge is 0.458 e. The van der Waals surface area contributed by atoms with Gasteiger partial charge in [0.05, 0.1) is 0 Å². The van der Waals surface area contributed by atoms with E-state index in [9.17, 15) is 26.3 Å². The monoisotopic (exact) mass is 198 g/mol. The number of ether oxygens (including phenoxy) is 1. The third-order valence-electron chi connectivity index (χ3n) is 0.966. The molecule has 74 valence electrons. The van der Waals surface area contributed by atoms with Crippen LogP contribution in [0.2, 0.25) is 0 Å². The van der Waals surface area contributed by atoms with Crippen LogP contribution in [0.3, 0.4) is 0 Å². The second-order valence-electron chi connectivity index (χ2n) is 1.71. The summed E-state index contributed by atoms with van der Waals surface area (Å²) < 4.78 is 70.4. The molecule has 12 heavy (non-hydrogen) atoms. The maximum atomic E-state index is 11.7. The molecule has 1 aliphatic heterocycles. The zero-order chi connectivity index (χ0) is 10.2. The summed E-state index contributed by atoms with van der Waals surface area (Å²) in [6, 6.07) is 0. The van der Waals surface area contributed by atoms with Crippen LogP contribution in [0.5, 0.6) is 0 Å². The van der Waals surface area contributed by atoms with Crippen LogP contribution in [0.15, 0.2) is 0 Å². The Morgan fingerprint density at radius 3 is 1.33 bits per heavy atom. The van der Waals surface area contributed by atoms with E-state index in [1.807, 2.05) is 0 Å². The molecule has 0 aliphatic carbocycles. The molecule has 1 atom stereocenters. The van der Waals surface area contributed by atoms with E-state index in [1.165, 1.54) is 0 Å². The van der Waals surface area contributed by atoms with Crippen LogP contribution in [-0.2, 0) is 4.74 Å². The molecule has 0 spiro atoms. The molecule has 0 bridgehead atoms. The summed E-state index contributed by atoms with van der Waals surface area (Å²) in [6.45, 7) is 0. The van der Waals surface area contributed by atoms with E-state index in [2.05, 4.69) is 4.74 Å². The predicted octanol–water partition coefficient (Wildman–Crippen LogP) is 1.45. The van der Waals surface area contributed by atoms with Crippen LogP contribution in [0, 0.1) is 0 Å². The average molecular weight is 198 g/mol. The minimum absolute atomic E-state index is 1.00. The van der Waals surface area contributed by atoms with E-state index in [4.69, 9.17) is 5.11 Å². The highest BCUT2D eigenvalue weighted by molar-refractivity contribution is 4.99. The summed E-state index contributed by atoms with van der Waals surface area (Å²) in [7, 11) is 1.00. The fourth-order valence-electron chi connectivity index (χ4n) is 0.374. The van der Waals surface area contributed by atoms with Gasteiger partial charge in [0, 0.05) is 7.11 Å². The molecule has 2 nitrogen and oxygen atoms in total. The molecular formula is C4H4F6O2. The maximum absolute atomic E-state index is 11.7. The third-order valence-corrected chi connectivity index (χ3v) is 0.966. The molecule has 0 aromatic rings. The van der Waals surface area contributed by atoms with Crippen LogP contribution in [0.25, 0.3) is 0 Å². The van der Waals surface area contributed by atoms with Gasteiger partial charge in [0.15, 0.2) is 0 Å². The molecule has 1 unspecified atom stereocenters. The number of rotatable bonds is 0. The zero-order valence-corrected chi connectivity index (χ0v) is 5.62. The van der Waals surface area contributed by atoms with Crippen LogP contribution in [0.1, 0.15) is 0 Å². The van der Waals surface area contributed by atoms with Gasteiger partial charge < -0.3 is 5.11 Å². The first-order valence-corrected chi connectivity index (χ1v) is 2.49. The highest BCUT2D eigenvalue weighted by atomic mass is 19.4. The van der Waals surface area contributed by atoms with Crippen molar-refractivity contribution in [2.75, 3.05) is 7.11 Å². The Balaban J connectivity index is 0.000000561. The molecule has 1 rings (SSSR count). The van der Waals surface area contributed by atoms with Crippen molar-refractivity contribution in [1.29, 1.82) is 0 Å². The van der Waals surface area contributed by atoms with Gasteiger partial charge in [0.2, 0.25) is 0 Å². The molecule has 0 saturated carbocycles. The van der Waals surface area contributed by atoms with Crippen molar-refractivity contribution in [3.05, 3.63) is 0 Å². The van der Waals surface area contributed by atoms with Crippen molar-refractivity contribution in [3.63, 3.8) is 0 Å². The molecule has 0 radical (unpaired) electrons. The summed E-state index contributed by atoms with van der Waals surface area (Å²) in [6.07, 6.45) is -10.4. The molecule has 0 aromatic heterocycles. The highest BCUT2D eigenvalue weighted by Gasteiger charge is 2.90. The molecule has 0 amide bonds. The topological polar surface area (TPSA) is 32.8 Å².